The van der Waals surface area contributed by atoms with Gasteiger partial charge in [-0.2, -0.15) is 0 Å². The van der Waals surface area contributed by atoms with Gasteiger partial charge >= 0.3 is 0 Å². The van der Waals surface area contributed by atoms with Crippen LogP contribution in [-0.2, 0) is 17.8 Å². The van der Waals surface area contributed by atoms with Crippen LogP contribution < -0.4 is 4.90 Å². The minimum Gasteiger partial charge on any atom is -0.346 e. The number of nitrogens with zero attached hydrogens (tertiary/aromatic N) is 5. The van der Waals surface area contributed by atoms with Gasteiger partial charge in [0.1, 0.15) is 5.01 Å². The predicted octanol–water partition coefficient (Wildman–Crippen LogP) is 2.90. The van der Waals surface area contributed by atoms with E-state index in [0.717, 1.165) is 54.6 Å². The lowest BCUT2D eigenvalue weighted by Crippen LogP contribution is -2.53. The molecule has 0 radical (unpaired) electrons. The van der Waals surface area contributed by atoms with Crippen molar-refractivity contribution in [2.24, 2.45) is 5.41 Å². The molecule has 0 aliphatic carbocycles. The van der Waals surface area contributed by atoms with E-state index in [0.29, 0.717) is 13.0 Å². The van der Waals surface area contributed by atoms with Crippen LogP contribution in [0.4, 0.5) is 5.13 Å². The van der Waals surface area contributed by atoms with Crippen molar-refractivity contribution in [3.05, 3.63) is 35.1 Å². The van der Waals surface area contributed by atoms with Gasteiger partial charge in [-0.15, -0.1) is 10.2 Å². The van der Waals surface area contributed by atoms with Crippen molar-refractivity contribution in [3.63, 3.8) is 0 Å². The molecule has 2 aromatic rings. The van der Waals surface area contributed by atoms with Gasteiger partial charge in [0.05, 0.1) is 0 Å². The fraction of sp³-hybridized carbons (Fsp3) is 0.579. The number of aromatic nitrogens is 3. The van der Waals surface area contributed by atoms with Crippen LogP contribution in [0.25, 0.3) is 0 Å². The van der Waals surface area contributed by atoms with E-state index in [4.69, 9.17) is 0 Å². The zero-order valence-electron chi connectivity index (χ0n) is 15.2. The molecule has 4 heterocycles. The summed E-state index contributed by atoms with van der Waals surface area (Å²) in [4.78, 5) is 21.1. The van der Waals surface area contributed by atoms with Crippen molar-refractivity contribution in [1.29, 1.82) is 0 Å². The van der Waals surface area contributed by atoms with Gasteiger partial charge in [-0.1, -0.05) is 24.3 Å². The highest BCUT2D eigenvalue weighted by Crippen LogP contribution is 2.41. The first-order chi connectivity index (χ1) is 12.7. The van der Waals surface area contributed by atoms with Crippen LogP contribution in [0.1, 0.15) is 43.2 Å². The summed E-state index contributed by atoms with van der Waals surface area (Å²) in [6.45, 7) is 5.62. The molecule has 138 valence electrons. The Morgan fingerprint density at radius 1 is 1.27 bits per heavy atom. The number of likely N-dealkylation sites (tertiary alicyclic amines) is 1. The molecule has 2 fully saturated rings. The maximum absolute atomic E-state index is 12.5. The molecule has 1 spiro atoms. The molecular formula is C19H25N5OS. The highest BCUT2D eigenvalue weighted by Gasteiger charge is 2.42. The van der Waals surface area contributed by atoms with E-state index in [1.807, 2.05) is 23.2 Å². The molecule has 6 nitrogen and oxygen atoms in total. The fourth-order valence-electron chi connectivity index (χ4n) is 4.18. The molecular weight excluding hydrogens is 346 g/mol. The van der Waals surface area contributed by atoms with Crippen molar-refractivity contribution in [1.82, 2.24) is 20.1 Å². The fourth-order valence-corrected chi connectivity index (χ4v) is 4.98. The summed E-state index contributed by atoms with van der Waals surface area (Å²) in [7, 11) is 0. The average molecular weight is 372 g/mol. The molecule has 2 aromatic heterocycles. The Hall–Kier alpha value is -2.02. The number of pyridine rings is 1. The van der Waals surface area contributed by atoms with Crippen LogP contribution in [0.2, 0.25) is 0 Å². The maximum atomic E-state index is 12.5. The molecule has 26 heavy (non-hydrogen) atoms. The number of hydrogen-bond acceptors (Lipinski definition) is 6. The van der Waals surface area contributed by atoms with Gasteiger partial charge in [-0.25, -0.2) is 0 Å². The van der Waals surface area contributed by atoms with Crippen LogP contribution in [-0.4, -0.2) is 45.6 Å². The van der Waals surface area contributed by atoms with E-state index in [2.05, 4.69) is 27.0 Å². The van der Waals surface area contributed by atoms with Crippen LogP contribution in [0, 0.1) is 5.41 Å². The molecule has 0 N–H and O–H groups in total. The molecule has 0 aromatic carbocycles. The van der Waals surface area contributed by atoms with E-state index in [9.17, 15) is 4.79 Å². The second kappa shape index (κ2) is 7.31. The number of rotatable bonds is 4. The summed E-state index contributed by atoms with van der Waals surface area (Å²) in [5, 5.41) is 10.8. The second-order valence-corrected chi connectivity index (χ2v) is 8.51. The Balaban J connectivity index is 1.49. The van der Waals surface area contributed by atoms with Crippen LogP contribution in [0.15, 0.2) is 24.5 Å². The lowest BCUT2D eigenvalue weighted by molar-refractivity contribution is -0.138. The third kappa shape index (κ3) is 3.58. The summed E-state index contributed by atoms with van der Waals surface area (Å²) in [6.07, 6.45) is 8.51. The normalized spacial score (nSPS) is 23.7. The second-order valence-electron chi connectivity index (χ2n) is 7.47. The minimum absolute atomic E-state index is 0.173. The van der Waals surface area contributed by atoms with Gasteiger partial charge < -0.3 is 9.80 Å². The number of carbonyl (C=O) groups is 1. The summed E-state index contributed by atoms with van der Waals surface area (Å²) in [5.74, 6) is 0.265. The third-order valence-corrected chi connectivity index (χ3v) is 6.66. The number of carbonyl (C=O) groups excluding carboxylic acids is 1. The Bertz CT molecular complexity index is 764. The van der Waals surface area contributed by atoms with Crippen molar-refractivity contribution in [2.75, 3.05) is 24.5 Å². The number of aryl methyl sites for hydroxylation is 1. The van der Waals surface area contributed by atoms with Gasteiger partial charge in [0.2, 0.25) is 11.0 Å². The Labute approximate surface area is 158 Å². The van der Waals surface area contributed by atoms with E-state index < -0.39 is 0 Å². The van der Waals surface area contributed by atoms with Crippen LogP contribution in [0.5, 0.6) is 0 Å². The smallest absolute Gasteiger partial charge is 0.222 e. The zero-order chi connectivity index (χ0) is 18.0. The van der Waals surface area contributed by atoms with Gasteiger partial charge in [0.15, 0.2) is 0 Å². The Kier molecular flexibility index (Phi) is 4.89. The van der Waals surface area contributed by atoms with Gasteiger partial charge in [0.25, 0.3) is 0 Å². The SMILES string of the molecule is CCc1nnc(N2CCC[C@@]3(CCC(=O)N(Cc4cccnc4)C3)C2)s1. The molecule has 1 atom stereocenters. The molecule has 0 unspecified atom stereocenters. The lowest BCUT2D eigenvalue weighted by Gasteiger charge is -2.48. The summed E-state index contributed by atoms with van der Waals surface area (Å²) >= 11 is 1.71. The minimum atomic E-state index is 0.173. The number of amides is 1. The van der Waals surface area contributed by atoms with Gasteiger partial charge in [-0.3, -0.25) is 9.78 Å². The number of piperidine rings is 2. The van der Waals surface area contributed by atoms with E-state index in [1.54, 1.807) is 17.5 Å². The molecule has 2 aliphatic rings. The Morgan fingerprint density at radius 3 is 2.96 bits per heavy atom. The van der Waals surface area contributed by atoms with Crippen LogP contribution >= 0.6 is 11.3 Å². The standard InChI is InChI=1S/C19H25N5OS/c1-2-16-21-22-18(26-16)23-10-4-7-19(13-23)8-6-17(25)24(14-19)12-15-5-3-9-20-11-15/h3,5,9,11H,2,4,6-8,10,12-14H2,1H3/t19-/m1/s1. The van der Waals surface area contributed by atoms with E-state index in [1.165, 1.54) is 6.42 Å². The molecule has 4 rings (SSSR count). The Morgan fingerprint density at radius 2 is 2.19 bits per heavy atom. The highest BCUT2D eigenvalue weighted by molar-refractivity contribution is 7.15. The van der Waals surface area contributed by atoms with E-state index in [-0.39, 0.29) is 11.3 Å². The monoisotopic (exact) mass is 371 g/mol. The summed E-state index contributed by atoms with van der Waals surface area (Å²) in [5.41, 5.74) is 1.27. The van der Waals surface area contributed by atoms with E-state index >= 15 is 0 Å². The largest absolute Gasteiger partial charge is 0.346 e. The first-order valence-corrected chi connectivity index (χ1v) is 10.2. The molecule has 0 bridgehead atoms. The van der Waals surface area contributed by atoms with Gasteiger partial charge in [-0.05, 0) is 37.3 Å². The molecule has 0 saturated carbocycles. The van der Waals surface area contributed by atoms with Crippen molar-refractivity contribution in [3.8, 4) is 0 Å². The molecule has 1 amide bonds. The lowest BCUT2D eigenvalue weighted by atomic mass is 9.73. The van der Waals surface area contributed by atoms with Crippen molar-refractivity contribution < 1.29 is 4.79 Å². The van der Waals surface area contributed by atoms with Crippen LogP contribution in [0.3, 0.4) is 0 Å². The first-order valence-electron chi connectivity index (χ1n) is 9.41. The van der Waals surface area contributed by atoms with Crippen molar-refractivity contribution in [2.45, 2.75) is 45.6 Å². The zero-order valence-corrected chi connectivity index (χ0v) is 16.0. The topological polar surface area (TPSA) is 62.2 Å². The van der Waals surface area contributed by atoms with Crippen molar-refractivity contribution >= 4 is 22.4 Å². The molecule has 7 heteroatoms. The molecule has 2 aliphatic heterocycles. The summed E-state index contributed by atoms with van der Waals surface area (Å²) < 4.78 is 0. The quantitative estimate of drug-likeness (QED) is 0.827. The summed E-state index contributed by atoms with van der Waals surface area (Å²) in [6, 6.07) is 3.98. The average Bonchev–Trinajstić information content (AvgIpc) is 3.15. The molecule has 2 saturated heterocycles. The maximum Gasteiger partial charge on any atom is 0.222 e. The number of hydrogen-bond donors (Lipinski definition) is 0. The highest BCUT2D eigenvalue weighted by atomic mass is 32.1. The number of anilines is 1. The van der Waals surface area contributed by atoms with Gasteiger partial charge in [0, 0.05) is 50.4 Å². The first kappa shape index (κ1) is 17.4. The third-order valence-electron chi connectivity index (χ3n) is 5.53. The predicted molar refractivity (Wildman–Crippen MR) is 102 cm³/mol.